The standard InChI is InChI=1S/C14H13IO/c1-16-13-8-6-11(7-9-13)10-12-4-2-3-5-14(12)15/h2-9H,10H2,1H3. The average molecular weight is 324 g/mol. The lowest BCUT2D eigenvalue weighted by atomic mass is 10.1. The van der Waals surface area contributed by atoms with Gasteiger partial charge in [-0.15, -0.1) is 0 Å². The van der Waals surface area contributed by atoms with Crippen LogP contribution in [0.5, 0.6) is 5.75 Å². The fourth-order valence-electron chi connectivity index (χ4n) is 1.61. The monoisotopic (exact) mass is 324 g/mol. The van der Waals surface area contributed by atoms with Crippen molar-refractivity contribution in [2.24, 2.45) is 0 Å². The first-order valence-electron chi connectivity index (χ1n) is 5.16. The Morgan fingerprint density at radius 3 is 2.31 bits per heavy atom. The maximum Gasteiger partial charge on any atom is 0.118 e. The van der Waals surface area contributed by atoms with E-state index in [0.29, 0.717) is 0 Å². The van der Waals surface area contributed by atoms with Gasteiger partial charge >= 0.3 is 0 Å². The largest absolute Gasteiger partial charge is 0.497 e. The van der Waals surface area contributed by atoms with E-state index in [1.165, 1.54) is 14.7 Å². The van der Waals surface area contributed by atoms with Crippen LogP contribution >= 0.6 is 22.6 Å². The van der Waals surface area contributed by atoms with E-state index in [2.05, 4.69) is 59.0 Å². The van der Waals surface area contributed by atoms with Crippen LogP contribution in [0.4, 0.5) is 0 Å². The minimum absolute atomic E-state index is 0.909. The molecule has 0 unspecified atom stereocenters. The quantitative estimate of drug-likeness (QED) is 0.779. The Bertz CT molecular complexity index is 462. The van der Waals surface area contributed by atoms with E-state index < -0.39 is 0 Å². The van der Waals surface area contributed by atoms with Crippen LogP contribution in [-0.2, 0) is 6.42 Å². The van der Waals surface area contributed by atoms with Gasteiger partial charge in [-0.3, -0.25) is 0 Å². The van der Waals surface area contributed by atoms with Crippen LogP contribution < -0.4 is 4.74 Å². The number of hydrogen-bond acceptors (Lipinski definition) is 1. The number of rotatable bonds is 3. The molecule has 1 nitrogen and oxygen atoms in total. The topological polar surface area (TPSA) is 9.23 Å². The Morgan fingerprint density at radius 1 is 1.00 bits per heavy atom. The minimum atomic E-state index is 0.909. The van der Waals surface area contributed by atoms with Gasteiger partial charge in [0, 0.05) is 3.57 Å². The predicted octanol–water partition coefficient (Wildman–Crippen LogP) is 3.89. The number of benzene rings is 2. The molecule has 0 saturated carbocycles. The molecule has 2 aromatic rings. The van der Waals surface area contributed by atoms with E-state index in [9.17, 15) is 0 Å². The molecule has 0 saturated heterocycles. The van der Waals surface area contributed by atoms with Crippen LogP contribution in [0.2, 0.25) is 0 Å². The fraction of sp³-hybridized carbons (Fsp3) is 0.143. The molecular weight excluding hydrogens is 311 g/mol. The summed E-state index contributed by atoms with van der Waals surface area (Å²) in [6.45, 7) is 0. The van der Waals surface area contributed by atoms with Gasteiger partial charge in [-0.2, -0.15) is 0 Å². The summed E-state index contributed by atoms with van der Waals surface area (Å²) in [5.41, 5.74) is 2.68. The van der Waals surface area contributed by atoms with Crippen molar-refractivity contribution < 1.29 is 4.74 Å². The van der Waals surface area contributed by atoms with Gasteiger partial charge in [-0.25, -0.2) is 0 Å². The third-order valence-corrected chi connectivity index (χ3v) is 3.56. The number of hydrogen-bond donors (Lipinski definition) is 0. The molecule has 0 atom stereocenters. The van der Waals surface area contributed by atoms with Gasteiger partial charge in [0.15, 0.2) is 0 Å². The van der Waals surface area contributed by atoms with Crippen LogP contribution in [0.3, 0.4) is 0 Å². The van der Waals surface area contributed by atoms with Gasteiger partial charge in [0.25, 0.3) is 0 Å². The van der Waals surface area contributed by atoms with Crippen molar-refractivity contribution in [2.45, 2.75) is 6.42 Å². The van der Waals surface area contributed by atoms with Crippen LogP contribution in [0.1, 0.15) is 11.1 Å². The molecule has 16 heavy (non-hydrogen) atoms. The molecule has 0 fully saturated rings. The summed E-state index contributed by atoms with van der Waals surface area (Å²) in [5.74, 6) is 0.909. The Kier molecular flexibility index (Phi) is 3.83. The Balaban J connectivity index is 2.18. The van der Waals surface area contributed by atoms with Crippen molar-refractivity contribution in [1.82, 2.24) is 0 Å². The summed E-state index contributed by atoms with van der Waals surface area (Å²) in [5, 5.41) is 0. The van der Waals surface area contributed by atoms with E-state index in [0.717, 1.165) is 12.2 Å². The summed E-state index contributed by atoms with van der Waals surface area (Å²) >= 11 is 2.38. The van der Waals surface area contributed by atoms with Crippen molar-refractivity contribution in [1.29, 1.82) is 0 Å². The van der Waals surface area contributed by atoms with Gasteiger partial charge < -0.3 is 4.74 Å². The van der Waals surface area contributed by atoms with Gasteiger partial charge in [0.05, 0.1) is 7.11 Å². The second-order valence-corrected chi connectivity index (χ2v) is 4.78. The van der Waals surface area contributed by atoms with Crippen LogP contribution in [-0.4, -0.2) is 7.11 Å². The van der Waals surface area contributed by atoms with Crippen molar-refractivity contribution in [2.75, 3.05) is 7.11 Å². The third kappa shape index (κ3) is 2.76. The second kappa shape index (κ2) is 5.34. The second-order valence-electron chi connectivity index (χ2n) is 3.62. The van der Waals surface area contributed by atoms with E-state index in [1.54, 1.807) is 7.11 Å². The molecule has 82 valence electrons. The number of ether oxygens (including phenoxy) is 1. The van der Waals surface area contributed by atoms with E-state index in [4.69, 9.17) is 4.74 Å². The maximum absolute atomic E-state index is 5.14. The molecule has 0 spiro atoms. The normalized spacial score (nSPS) is 10.1. The fourth-order valence-corrected chi connectivity index (χ4v) is 2.18. The average Bonchev–Trinajstić information content (AvgIpc) is 2.33. The summed E-state index contributed by atoms with van der Waals surface area (Å²) in [4.78, 5) is 0. The van der Waals surface area contributed by atoms with Gasteiger partial charge in [0.2, 0.25) is 0 Å². The predicted molar refractivity (Wildman–Crippen MR) is 75.0 cm³/mol. The van der Waals surface area contributed by atoms with E-state index in [-0.39, 0.29) is 0 Å². The molecular formula is C14H13IO. The van der Waals surface area contributed by atoms with Gasteiger partial charge in [0.1, 0.15) is 5.75 Å². The molecule has 0 aliphatic heterocycles. The molecule has 0 N–H and O–H groups in total. The lowest BCUT2D eigenvalue weighted by Gasteiger charge is -2.05. The molecule has 0 amide bonds. The van der Waals surface area contributed by atoms with Crippen molar-refractivity contribution >= 4 is 22.6 Å². The summed E-state index contributed by atoms with van der Waals surface area (Å²) in [6, 6.07) is 16.7. The zero-order valence-electron chi connectivity index (χ0n) is 9.11. The smallest absolute Gasteiger partial charge is 0.118 e. The van der Waals surface area contributed by atoms with Crippen molar-refractivity contribution in [3.8, 4) is 5.75 Å². The highest BCUT2D eigenvalue weighted by molar-refractivity contribution is 14.1. The molecule has 2 heteroatoms. The zero-order valence-corrected chi connectivity index (χ0v) is 11.3. The SMILES string of the molecule is COc1ccc(Cc2ccccc2I)cc1. The van der Waals surface area contributed by atoms with Crippen molar-refractivity contribution in [3.05, 3.63) is 63.2 Å². The molecule has 0 aliphatic carbocycles. The molecule has 0 aliphatic rings. The molecule has 0 heterocycles. The minimum Gasteiger partial charge on any atom is -0.497 e. The highest BCUT2D eigenvalue weighted by Crippen LogP contribution is 2.18. The van der Waals surface area contributed by atoms with Crippen LogP contribution in [0, 0.1) is 3.57 Å². The maximum atomic E-state index is 5.14. The first-order chi connectivity index (χ1) is 7.79. The molecule has 2 aromatic carbocycles. The lowest BCUT2D eigenvalue weighted by molar-refractivity contribution is 0.414. The van der Waals surface area contributed by atoms with Crippen molar-refractivity contribution in [3.63, 3.8) is 0 Å². The Labute approximate surface area is 110 Å². The van der Waals surface area contributed by atoms with Gasteiger partial charge in [-0.05, 0) is 58.3 Å². The van der Waals surface area contributed by atoms with Crippen LogP contribution in [0.15, 0.2) is 48.5 Å². The number of halogens is 1. The summed E-state index contributed by atoms with van der Waals surface area (Å²) in [7, 11) is 1.69. The molecule has 0 bridgehead atoms. The Morgan fingerprint density at radius 2 is 1.69 bits per heavy atom. The molecule has 2 rings (SSSR count). The van der Waals surface area contributed by atoms with Gasteiger partial charge in [-0.1, -0.05) is 30.3 Å². The lowest BCUT2D eigenvalue weighted by Crippen LogP contribution is -1.91. The Hall–Kier alpha value is -1.03. The van der Waals surface area contributed by atoms with E-state index >= 15 is 0 Å². The number of methoxy groups -OCH3 is 1. The third-order valence-electron chi connectivity index (χ3n) is 2.51. The highest BCUT2D eigenvalue weighted by atomic mass is 127. The first-order valence-corrected chi connectivity index (χ1v) is 6.24. The highest BCUT2D eigenvalue weighted by Gasteiger charge is 2.00. The summed E-state index contributed by atoms with van der Waals surface area (Å²) < 4.78 is 6.46. The zero-order chi connectivity index (χ0) is 11.4. The van der Waals surface area contributed by atoms with Crippen LogP contribution in [0.25, 0.3) is 0 Å². The van der Waals surface area contributed by atoms with E-state index in [1.807, 2.05) is 12.1 Å². The molecule has 0 radical (unpaired) electrons. The first kappa shape index (κ1) is 11.5. The summed E-state index contributed by atoms with van der Waals surface area (Å²) in [6.07, 6.45) is 0.975. The molecule has 0 aromatic heterocycles.